The lowest BCUT2D eigenvalue weighted by molar-refractivity contribution is -0.120. The van der Waals surface area contributed by atoms with E-state index in [4.69, 9.17) is 11.6 Å². The lowest BCUT2D eigenvalue weighted by Crippen LogP contribution is -2.26. The van der Waals surface area contributed by atoms with E-state index >= 15 is 0 Å². The summed E-state index contributed by atoms with van der Waals surface area (Å²) in [6, 6.07) is 7.44. The monoisotopic (exact) mass is 275 g/mol. The molecule has 2 nitrogen and oxygen atoms in total. The van der Waals surface area contributed by atoms with Gasteiger partial charge in [0.2, 0.25) is 5.91 Å². The molecule has 0 fully saturated rings. The van der Waals surface area contributed by atoms with Crippen molar-refractivity contribution in [1.82, 2.24) is 5.32 Å². The summed E-state index contributed by atoms with van der Waals surface area (Å²) in [5.41, 5.74) is 0.792. The fourth-order valence-electron chi connectivity index (χ4n) is 1.09. The van der Waals surface area contributed by atoms with Gasteiger partial charge in [0.25, 0.3) is 0 Å². The highest BCUT2D eigenvalue weighted by atomic mass is 79.9. The lowest BCUT2D eigenvalue weighted by atomic mass is 10.1. The molecule has 0 spiro atoms. The minimum atomic E-state index is -0.634. The Morgan fingerprint density at radius 2 is 2.21 bits per heavy atom. The third-order valence-electron chi connectivity index (χ3n) is 1.76. The molecule has 0 saturated heterocycles. The Balaban J connectivity index is 2.84. The molecule has 0 heterocycles. The molecule has 1 rings (SSSR count). The van der Waals surface area contributed by atoms with Crippen molar-refractivity contribution < 1.29 is 4.79 Å². The van der Waals surface area contributed by atoms with Crippen LogP contribution >= 0.6 is 27.5 Å². The van der Waals surface area contributed by atoms with Crippen molar-refractivity contribution in [1.29, 1.82) is 0 Å². The van der Waals surface area contributed by atoms with Gasteiger partial charge in [0, 0.05) is 11.0 Å². The van der Waals surface area contributed by atoms with Crippen molar-refractivity contribution in [2.45, 2.75) is 12.3 Å². The van der Waals surface area contributed by atoms with Crippen molar-refractivity contribution in [2.75, 3.05) is 6.54 Å². The molecule has 1 amide bonds. The highest BCUT2D eigenvalue weighted by Crippen LogP contribution is 2.27. The van der Waals surface area contributed by atoms with Crippen LogP contribution in [0.2, 0.25) is 0 Å². The number of carbonyl (C=O) groups is 1. The van der Waals surface area contributed by atoms with Crippen LogP contribution in [0, 0.1) is 0 Å². The number of benzene rings is 1. The van der Waals surface area contributed by atoms with E-state index < -0.39 is 5.38 Å². The van der Waals surface area contributed by atoms with Crippen LogP contribution in [-0.4, -0.2) is 12.5 Å². The van der Waals surface area contributed by atoms with Crippen LogP contribution < -0.4 is 5.32 Å². The number of hydrogen-bond donors (Lipinski definition) is 1. The molecule has 1 aromatic carbocycles. The predicted octanol–water partition coefficient (Wildman–Crippen LogP) is 2.87. The Bertz CT molecular complexity index is 330. The van der Waals surface area contributed by atoms with Gasteiger partial charge in [0.1, 0.15) is 5.38 Å². The number of rotatable bonds is 3. The standard InChI is InChI=1S/C10H11BrClNO/c1-2-13-10(14)9(12)7-5-3-4-6-8(7)11/h3-6,9H,2H2,1H3,(H,13,14). The van der Waals surface area contributed by atoms with E-state index in [-0.39, 0.29) is 5.91 Å². The van der Waals surface area contributed by atoms with Gasteiger partial charge in [-0.05, 0) is 18.6 Å². The maximum Gasteiger partial charge on any atom is 0.242 e. The van der Waals surface area contributed by atoms with E-state index in [0.29, 0.717) is 6.54 Å². The summed E-state index contributed by atoms with van der Waals surface area (Å²) in [6.45, 7) is 2.45. The second-order valence-corrected chi connectivity index (χ2v) is 4.07. The van der Waals surface area contributed by atoms with Gasteiger partial charge < -0.3 is 5.32 Å². The molecule has 0 aliphatic rings. The molecule has 0 aliphatic heterocycles. The zero-order valence-corrected chi connectivity index (χ0v) is 10.1. The summed E-state index contributed by atoms with van der Waals surface area (Å²) in [4.78, 5) is 11.4. The smallest absolute Gasteiger partial charge is 0.242 e. The quantitative estimate of drug-likeness (QED) is 0.845. The SMILES string of the molecule is CCNC(=O)C(Cl)c1ccccc1Br. The second-order valence-electron chi connectivity index (χ2n) is 2.78. The first-order valence-electron chi connectivity index (χ1n) is 4.33. The summed E-state index contributed by atoms with van der Waals surface area (Å²) in [5.74, 6) is -0.166. The highest BCUT2D eigenvalue weighted by molar-refractivity contribution is 9.10. The molecule has 76 valence electrons. The zero-order chi connectivity index (χ0) is 10.6. The molecule has 0 aromatic heterocycles. The number of halogens is 2. The maximum absolute atomic E-state index is 11.4. The Labute approximate surface area is 96.8 Å². The molecule has 1 N–H and O–H groups in total. The number of nitrogens with one attached hydrogen (secondary N) is 1. The van der Waals surface area contributed by atoms with E-state index in [1.54, 1.807) is 0 Å². The van der Waals surface area contributed by atoms with Crippen molar-refractivity contribution in [3.63, 3.8) is 0 Å². The van der Waals surface area contributed by atoms with Gasteiger partial charge in [-0.15, -0.1) is 11.6 Å². The topological polar surface area (TPSA) is 29.1 Å². The van der Waals surface area contributed by atoms with Gasteiger partial charge in [-0.25, -0.2) is 0 Å². The third kappa shape index (κ3) is 2.72. The van der Waals surface area contributed by atoms with Crippen LogP contribution in [0.1, 0.15) is 17.9 Å². The predicted molar refractivity (Wildman–Crippen MR) is 61.4 cm³/mol. The highest BCUT2D eigenvalue weighted by Gasteiger charge is 2.18. The number of carbonyl (C=O) groups excluding carboxylic acids is 1. The summed E-state index contributed by atoms with van der Waals surface area (Å²) in [5, 5.41) is 2.05. The Morgan fingerprint density at radius 3 is 2.79 bits per heavy atom. The Morgan fingerprint density at radius 1 is 1.57 bits per heavy atom. The molecule has 0 saturated carbocycles. The molecule has 1 atom stereocenters. The number of alkyl halides is 1. The lowest BCUT2D eigenvalue weighted by Gasteiger charge is -2.10. The fourth-order valence-corrected chi connectivity index (χ4v) is 2.00. The van der Waals surface area contributed by atoms with Gasteiger partial charge in [0.05, 0.1) is 0 Å². The molecule has 1 aromatic rings. The van der Waals surface area contributed by atoms with Crippen LogP contribution in [-0.2, 0) is 4.79 Å². The van der Waals surface area contributed by atoms with Crippen molar-refractivity contribution in [2.24, 2.45) is 0 Å². The van der Waals surface area contributed by atoms with Crippen LogP contribution in [0.15, 0.2) is 28.7 Å². The van der Waals surface area contributed by atoms with Gasteiger partial charge >= 0.3 is 0 Å². The van der Waals surface area contributed by atoms with Crippen LogP contribution in [0.4, 0.5) is 0 Å². The van der Waals surface area contributed by atoms with E-state index in [2.05, 4.69) is 21.2 Å². The van der Waals surface area contributed by atoms with Gasteiger partial charge in [0.15, 0.2) is 0 Å². The first kappa shape index (κ1) is 11.5. The fraction of sp³-hybridized carbons (Fsp3) is 0.300. The van der Waals surface area contributed by atoms with E-state index in [1.807, 2.05) is 31.2 Å². The molecule has 0 bridgehead atoms. The van der Waals surface area contributed by atoms with Gasteiger partial charge in [-0.1, -0.05) is 34.1 Å². The summed E-state index contributed by atoms with van der Waals surface area (Å²) in [6.07, 6.45) is 0. The average molecular weight is 277 g/mol. The van der Waals surface area contributed by atoms with Crippen molar-refractivity contribution >= 4 is 33.4 Å². The second kappa shape index (κ2) is 5.37. The minimum absolute atomic E-state index is 0.166. The average Bonchev–Trinajstić information content (AvgIpc) is 2.18. The number of amides is 1. The first-order valence-corrected chi connectivity index (χ1v) is 5.56. The summed E-state index contributed by atoms with van der Waals surface area (Å²) in [7, 11) is 0. The Hall–Kier alpha value is -0.540. The summed E-state index contributed by atoms with van der Waals surface area (Å²) < 4.78 is 0.853. The van der Waals surface area contributed by atoms with Crippen molar-refractivity contribution in [3.05, 3.63) is 34.3 Å². The van der Waals surface area contributed by atoms with E-state index in [1.165, 1.54) is 0 Å². The molecule has 0 radical (unpaired) electrons. The van der Waals surface area contributed by atoms with Crippen LogP contribution in [0.5, 0.6) is 0 Å². The van der Waals surface area contributed by atoms with Gasteiger partial charge in [-0.2, -0.15) is 0 Å². The molecule has 0 aliphatic carbocycles. The van der Waals surface area contributed by atoms with Crippen LogP contribution in [0.25, 0.3) is 0 Å². The zero-order valence-electron chi connectivity index (χ0n) is 7.76. The Kier molecular flexibility index (Phi) is 4.42. The van der Waals surface area contributed by atoms with Crippen LogP contribution in [0.3, 0.4) is 0 Å². The third-order valence-corrected chi connectivity index (χ3v) is 2.91. The molecular weight excluding hydrogens is 265 g/mol. The maximum atomic E-state index is 11.4. The van der Waals surface area contributed by atoms with Gasteiger partial charge in [-0.3, -0.25) is 4.79 Å². The minimum Gasteiger partial charge on any atom is -0.355 e. The molecule has 1 unspecified atom stereocenters. The molecule has 4 heteroatoms. The number of hydrogen-bond acceptors (Lipinski definition) is 1. The first-order chi connectivity index (χ1) is 6.66. The normalized spacial score (nSPS) is 12.2. The molecular formula is C10H11BrClNO. The van der Waals surface area contributed by atoms with E-state index in [0.717, 1.165) is 10.0 Å². The number of likely N-dealkylation sites (N-methyl/N-ethyl adjacent to an activating group) is 1. The van der Waals surface area contributed by atoms with Crippen molar-refractivity contribution in [3.8, 4) is 0 Å². The molecule has 14 heavy (non-hydrogen) atoms. The summed E-state index contributed by atoms with van der Waals surface area (Å²) >= 11 is 9.35. The largest absolute Gasteiger partial charge is 0.355 e. The van der Waals surface area contributed by atoms with E-state index in [9.17, 15) is 4.79 Å².